The standard InChI is InChI=1S/C24H29N3O2/c25-23(28)13-12-20-10-6-16-26-22(20)11-5-4-7-19-14-17-27(18-15-19)24(29)21-8-2-1-3-9-21/h1-3,6,8-10,12-13,16,19H,4-5,7,11,14-15,17-18H2,(H2,25,28)/b13-12+. The summed E-state index contributed by atoms with van der Waals surface area (Å²) < 4.78 is 0. The first kappa shape index (κ1) is 20.8. The first-order valence-electron chi connectivity index (χ1n) is 10.4. The number of benzene rings is 1. The molecule has 0 bridgehead atoms. The molecule has 2 amide bonds. The number of nitrogens with zero attached hydrogens (tertiary/aromatic N) is 2. The molecule has 3 rings (SSSR count). The van der Waals surface area contributed by atoms with Crippen LogP contribution in [0.2, 0.25) is 0 Å². The lowest BCUT2D eigenvalue weighted by molar-refractivity contribution is -0.113. The quantitative estimate of drug-likeness (QED) is 0.549. The summed E-state index contributed by atoms with van der Waals surface area (Å²) in [4.78, 5) is 29.9. The highest BCUT2D eigenvalue weighted by atomic mass is 16.2. The highest BCUT2D eigenvalue weighted by molar-refractivity contribution is 5.94. The number of unbranched alkanes of at least 4 members (excludes halogenated alkanes) is 1. The van der Waals surface area contributed by atoms with Gasteiger partial charge in [-0.2, -0.15) is 0 Å². The Balaban J connectivity index is 1.40. The molecule has 0 aliphatic carbocycles. The van der Waals surface area contributed by atoms with E-state index in [0.717, 1.165) is 62.0 Å². The third-order valence-corrected chi connectivity index (χ3v) is 5.55. The summed E-state index contributed by atoms with van der Waals surface area (Å²) in [6.45, 7) is 1.70. The van der Waals surface area contributed by atoms with Gasteiger partial charge in [-0.15, -0.1) is 0 Å². The molecule has 2 N–H and O–H groups in total. The Morgan fingerprint density at radius 1 is 1.07 bits per heavy atom. The second-order valence-electron chi connectivity index (χ2n) is 7.62. The number of amides is 2. The maximum atomic E-state index is 12.5. The van der Waals surface area contributed by atoms with E-state index in [0.29, 0.717) is 5.92 Å². The minimum Gasteiger partial charge on any atom is -0.366 e. The molecule has 152 valence electrons. The molecule has 2 heterocycles. The van der Waals surface area contributed by atoms with Gasteiger partial charge in [0.2, 0.25) is 5.91 Å². The molecular weight excluding hydrogens is 362 g/mol. The van der Waals surface area contributed by atoms with Crippen LogP contribution in [0.5, 0.6) is 0 Å². The van der Waals surface area contributed by atoms with E-state index in [2.05, 4.69) is 4.98 Å². The molecule has 1 saturated heterocycles. The van der Waals surface area contributed by atoms with Crippen molar-refractivity contribution in [2.24, 2.45) is 11.7 Å². The Morgan fingerprint density at radius 2 is 1.83 bits per heavy atom. The number of carbonyl (C=O) groups is 2. The Kier molecular flexibility index (Phi) is 7.56. The van der Waals surface area contributed by atoms with Gasteiger partial charge in [0.1, 0.15) is 0 Å². The van der Waals surface area contributed by atoms with Crippen LogP contribution in [0.1, 0.15) is 53.7 Å². The van der Waals surface area contributed by atoms with Crippen LogP contribution in [0, 0.1) is 5.92 Å². The van der Waals surface area contributed by atoms with Gasteiger partial charge in [0.25, 0.3) is 5.91 Å². The number of carbonyl (C=O) groups excluding carboxylic acids is 2. The Hall–Kier alpha value is -2.95. The average molecular weight is 392 g/mol. The fraction of sp³-hybridized carbons (Fsp3) is 0.375. The van der Waals surface area contributed by atoms with Crippen LogP contribution in [0.15, 0.2) is 54.7 Å². The van der Waals surface area contributed by atoms with Crippen molar-refractivity contribution in [3.05, 3.63) is 71.6 Å². The molecule has 0 saturated carbocycles. The molecule has 5 heteroatoms. The van der Waals surface area contributed by atoms with Crippen molar-refractivity contribution >= 4 is 17.9 Å². The van der Waals surface area contributed by atoms with E-state index >= 15 is 0 Å². The minimum atomic E-state index is -0.447. The average Bonchev–Trinajstić information content (AvgIpc) is 2.76. The molecule has 5 nitrogen and oxygen atoms in total. The van der Waals surface area contributed by atoms with E-state index in [1.165, 1.54) is 12.5 Å². The Morgan fingerprint density at radius 3 is 2.55 bits per heavy atom. The van der Waals surface area contributed by atoms with Gasteiger partial charge < -0.3 is 10.6 Å². The van der Waals surface area contributed by atoms with Crippen LogP contribution >= 0.6 is 0 Å². The molecule has 0 spiro atoms. The van der Waals surface area contributed by atoms with Crippen molar-refractivity contribution in [1.29, 1.82) is 0 Å². The number of rotatable bonds is 8. The molecule has 1 aromatic carbocycles. The minimum absolute atomic E-state index is 0.149. The summed E-state index contributed by atoms with van der Waals surface area (Å²) in [6.07, 6.45) is 11.4. The van der Waals surface area contributed by atoms with Crippen LogP contribution in [0.25, 0.3) is 6.08 Å². The summed E-state index contributed by atoms with van der Waals surface area (Å²) in [5, 5.41) is 0. The molecule has 0 atom stereocenters. The van der Waals surface area contributed by atoms with Gasteiger partial charge in [0.15, 0.2) is 0 Å². The zero-order valence-electron chi connectivity index (χ0n) is 16.8. The van der Waals surface area contributed by atoms with Gasteiger partial charge in [0.05, 0.1) is 0 Å². The van der Waals surface area contributed by atoms with Gasteiger partial charge in [-0.1, -0.05) is 37.1 Å². The zero-order valence-corrected chi connectivity index (χ0v) is 16.8. The van der Waals surface area contributed by atoms with Crippen LogP contribution in [0.4, 0.5) is 0 Å². The normalized spacial score (nSPS) is 15.0. The van der Waals surface area contributed by atoms with E-state index in [9.17, 15) is 9.59 Å². The van der Waals surface area contributed by atoms with Gasteiger partial charge >= 0.3 is 0 Å². The van der Waals surface area contributed by atoms with Gasteiger partial charge in [0, 0.05) is 36.6 Å². The topological polar surface area (TPSA) is 76.3 Å². The van der Waals surface area contributed by atoms with Crippen molar-refractivity contribution in [1.82, 2.24) is 9.88 Å². The third kappa shape index (κ3) is 6.28. The predicted octanol–water partition coefficient (Wildman–Crippen LogP) is 3.85. The summed E-state index contributed by atoms with van der Waals surface area (Å²) in [6, 6.07) is 13.4. The molecular formula is C24H29N3O2. The second-order valence-corrected chi connectivity index (χ2v) is 7.62. The number of piperidine rings is 1. The molecule has 0 unspecified atom stereocenters. The lowest BCUT2D eigenvalue weighted by Gasteiger charge is -2.32. The first-order valence-corrected chi connectivity index (χ1v) is 10.4. The summed E-state index contributed by atoms with van der Waals surface area (Å²) in [5.41, 5.74) is 7.93. The van der Waals surface area contributed by atoms with Crippen LogP contribution < -0.4 is 5.73 Å². The summed E-state index contributed by atoms with van der Waals surface area (Å²) in [5.74, 6) is 0.389. The van der Waals surface area contributed by atoms with Crippen LogP contribution in [-0.4, -0.2) is 34.8 Å². The monoisotopic (exact) mass is 391 g/mol. The number of hydrogen-bond acceptors (Lipinski definition) is 3. The maximum absolute atomic E-state index is 12.5. The summed E-state index contributed by atoms with van der Waals surface area (Å²) >= 11 is 0. The SMILES string of the molecule is NC(=O)/C=C/c1cccnc1CCCCC1CCN(C(=O)c2ccccc2)CC1. The molecule has 0 radical (unpaired) electrons. The predicted molar refractivity (Wildman–Crippen MR) is 115 cm³/mol. The van der Waals surface area contributed by atoms with Crippen molar-refractivity contribution in [3.63, 3.8) is 0 Å². The highest BCUT2D eigenvalue weighted by Gasteiger charge is 2.23. The van der Waals surface area contributed by atoms with Crippen molar-refractivity contribution in [2.75, 3.05) is 13.1 Å². The van der Waals surface area contributed by atoms with Gasteiger partial charge in [-0.25, -0.2) is 0 Å². The number of primary amides is 1. The molecule has 1 fully saturated rings. The molecule has 1 aliphatic rings. The highest BCUT2D eigenvalue weighted by Crippen LogP contribution is 2.24. The van der Waals surface area contributed by atoms with Crippen molar-refractivity contribution in [2.45, 2.75) is 38.5 Å². The molecule has 1 aromatic heterocycles. The number of pyridine rings is 1. The molecule has 1 aliphatic heterocycles. The molecule has 29 heavy (non-hydrogen) atoms. The van der Waals surface area contributed by atoms with E-state index in [4.69, 9.17) is 5.73 Å². The second kappa shape index (κ2) is 10.6. The maximum Gasteiger partial charge on any atom is 0.253 e. The number of aromatic nitrogens is 1. The van der Waals surface area contributed by atoms with Crippen molar-refractivity contribution in [3.8, 4) is 0 Å². The fourth-order valence-corrected chi connectivity index (χ4v) is 3.90. The van der Waals surface area contributed by atoms with Crippen LogP contribution in [0.3, 0.4) is 0 Å². The number of likely N-dealkylation sites (tertiary alicyclic amines) is 1. The van der Waals surface area contributed by atoms with Gasteiger partial charge in [-0.05, 0) is 61.4 Å². The smallest absolute Gasteiger partial charge is 0.253 e. The van der Waals surface area contributed by atoms with Gasteiger partial charge in [-0.3, -0.25) is 14.6 Å². The van der Waals surface area contributed by atoms with E-state index in [-0.39, 0.29) is 5.91 Å². The number of nitrogens with two attached hydrogens (primary N) is 1. The lowest BCUT2D eigenvalue weighted by atomic mass is 9.90. The zero-order chi connectivity index (χ0) is 20.5. The largest absolute Gasteiger partial charge is 0.366 e. The fourth-order valence-electron chi connectivity index (χ4n) is 3.90. The Bertz CT molecular complexity index is 840. The number of aryl methyl sites for hydroxylation is 1. The molecule has 2 aromatic rings. The summed E-state index contributed by atoms with van der Waals surface area (Å²) in [7, 11) is 0. The Labute approximate surface area is 172 Å². The number of hydrogen-bond donors (Lipinski definition) is 1. The first-order chi connectivity index (χ1) is 14.1. The third-order valence-electron chi connectivity index (χ3n) is 5.55. The lowest BCUT2D eigenvalue weighted by Crippen LogP contribution is -2.38. The van der Waals surface area contributed by atoms with E-state index in [1.54, 1.807) is 12.3 Å². The van der Waals surface area contributed by atoms with Crippen LogP contribution in [-0.2, 0) is 11.2 Å². The van der Waals surface area contributed by atoms with Crippen molar-refractivity contribution < 1.29 is 9.59 Å². The van der Waals surface area contributed by atoms with E-state index in [1.807, 2.05) is 47.4 Å². The van der Waals surface area contributed by atoms with E-state index < -0.39 is 5.91 Å².